The second kappa shape index (κ2) is 8.60. The molecule has 1 N–H and O–H groups in total. The van der Waals surface area contributed by atoms with Crippen molar-refractivity contribution in [2.24, 2.45) is 0 Å². The molecular weight excluding hydrogens is 336 g/mol. The third-order valence-electron chi connectivity index (χ3n) is 4.35. The van der Waals surface area contributed by atoms with Gasteiger partial charge >= 0.3 is 0 Å². The summed E-state index contributed by atoms with van der Waals surface area (Å²) in [6.45, 7) is 5.64. The normalized spacial score (nSPS) is 11.8. The first-order chi connectivity index (χ1) is 12.4. The van der Waals surface area contributed by atoms with Crippen molar-refractivity contribution in [3.8, 4) is 17.2 Å². The fraction of sp³-hybridized carbons (Fsp3) is 0.474. The van der Waals surface area contributed by atoms with Crippen molar-refractivity contribution in [1.29, 1.82) is 0 Å². The van der Waals surface area contributed by atoms with E-state index in [9.17, 15) is 4.79 Å². The summed E-state index contributed by atoms with van der Waals surface area (Å²) in [5.74, 6) is 2.34. The number of methoxy groups -OCH3 is 3. The van der Waals surface area contributed by atoms with Crippen LogP contribution in [0.3, 0.4) is 0 Å². The molecule has 7 nitrogen and oxygen atoms in total. The first-order valence-corrected chi connectivity index (χ1v) is 8.42. The molecule has 0 aliphatic heterocycles. The van der Waals surface area contributed by atoms with Gasteiger partial charge in [0.05, 0.1) is 33.1 Å². The van der Waals surface area contributed by atoms with E-state index < -0.39 is 0 Å². The van der Waals surface area contributed by atoms with Crippen molar-refractivity contribution in [1.82, 2.24) is 10.5 Å². The Morgan fingerprint density at radius 1 is 1.15 bits per heavy atom. The highest BCUT2D eigenvalue weighted by atomic mass is 16.5. The summed E-state index contributed by atoms with van der Waals surface area (Å²) in [6.07, 6.45) is 0.951. The van der Waals surface area contributed by atoms with Crippen LogP contribution in [0.4, 0.5) is 0 Å². The number of aromatic nitrogens is 1. The van der Waals surface area contributed by atoms with Crippen LogP contribution in [0.1, 0.15) is 42.0 Å². The third kappa shape index (κ3) is 4.28. The van der Waals surface area contributed by atoms with Crippen molar-refractivity contribution in [3.63, 3.8) is 0 Å². The molecule has 1 atom stereocenters. The number of nitrogens with zero attached hydrogens (tertiary/aromatic N) is 1. The quantitative estimate of drug-likeness (QED) is 0.777. The van der Waals surface area contributed by atoms with Crippen molar-refractivity contribution < 1.29 is 23.5 Å². The van der Waals surface area contributed by atoms with Gasteiger partial charge in [0.15, 0.2) is 11.5 Å². The molecule has 1 unspecified atom stereocenters. The zero-order chi connectivity index (χ0) is 19.3. The minimum absolute atomic E-state index is 0.0498. The summed E-state index contributed by atoms with van der Waals surface area (Å²) < 4.78 is 21.2. The van der Waals surface area contributed by atoms with E-state index in [-0.39, 0.29) is 11.9 Å². The summed E-state index contributed by atoms with van der Waals surface area (Å²) in [5.41, 5.74) is 2.68. The highest BCUT2D eigenvalue weighted by Gasteiger charge is 2.18. The summed E-state index contributed by atoms with van der Waals surface area (Å²) in [5, 5.41) is 6.91. The maximum absolute atomic E-state index is 12.3. The predicted octanol–water partition coefficient (Wildman–Crippen LogP) is 3.13. The van der Waals surface area contributed by atoms with Gasteiger partial charge in [-0.1, -0.05) is 5.16 Å². The average Bonchev–Trinajstić information content (AvgIpc) is 2.96. The predicted molar refractivity (Wildman–Crippen MR) is 97.0 cm³/mol. The van der Waals surface area contributed by atoms with Gasteiger partial charge in [-0.3, -0.25) is 4.79 Å². The number of carbonyl (C=O) groups is 1. The molecule has 0 saturated heterocycles. The molecule has 2 aromatic rings. The van der Waals surface area contributed by atoms with Crippen LogP contribution in [0.5, 0.6) is 17.2 Å². The summed E-state index contributed by atoms with van der Waals surface area (Å²) in [6, 6.07) is 3.46. The summed E-state index contributed by atoms with van der Waals surface area (Å²) in [7, 11) is 4.68. The zero-order valence-corrected chi connectivity index (χ0v) is 16.1. The summed E-state index contributed by atoms with van der Waals surface area (Å²) >= 11 is 0. The van der Waals surface area contributed by atoms with E-state index in [1.807, 2.05) is 32.9 Å². The molecule has 1 heterocycles. The van der Waals surface area contributed by atoms with Crippen molar-refractivity contribution in [2.75, 3.05) is 21.3 Å². The smallest absolute Gasteiger partial charge is 0.220 e. The molecule has 7 heteroatoms. The number of carbonyl (C=O) groups excluding carboxylic acids is 1. The topological polar surface area (TPSA) is 82.8 Å². The van der Waals surface area contributed by atoms with Crippen LogP contribution in [-0.4, -0.2) is 32.4 Å². The Kier molecular flexibility index (Phi) is 6.49. The molecule has 0 bridgehead atoms. The molecule has 0 saturated carbocycles. The van der Waals surface area contributed by atoms with E-state index in [1.54, 1.807) is 21.3 Å². The molecule has 0 aliphatic carbocycles. The number of nitrogens with one attached hydrogen (secondary N) is 1. The molecule has 142 valence electrons. The van der Waals surface area contributed by atoms with E-state index in [0.717, 1.165) is 22.6 Å². The Morgan fingerprint density at radius 3 is 2.23 bits per heavy atom. The molecule has 0 fully saturated rings. The van der Waals surface area contributed by atoms with E-state index in [1.165, 1.54) is 0 Å². The lowest BCUT2D eigenvalue weighted by Gasteiger charge is -2.18. The van der Waals surface area contributed by atoms with Gasteiger partial charge in [-0.25, -0.2) is 0 Å². The fourth-order valence-corrected chi connectivity index (χ4v) is 2.85. The number of rotatable bonds is 8. The fourth-order valence-electron chi connectivity index (χ4n) is 2.85. The van der Waals surface area contributed by atoms with Crippen LogP contribution in [0, 0.1) is 13.8 Å². The van der Waals surface area contributed by atoms with Gasteiger partial charge in [0.25, 0.3) is 0 Å². The maximum atomic E-state index is 12.3. The van der Waals surface area contributed by atoms with E-state index in [4.69, 9.17) is 18.7 Å². The van der Waals surface area contributed by atoms with E-state index in [0.29, 0.717) is 30.1 Å². The number of amides is 1. The molecule has 0 aliphatic rings. The van der Waals surface area contributed by atoms with Crippen LogP contribution in [-0.2, 0) is 11.2 Å². The highest BCUT2D eigenvalue weighted by molar-refractivity contribution is 5.76. The van der Waals surface area contributed by atoms with Crippen LogP contribution < -0.4 is 19.5 Å². The highest BCUT2D eigenvalue weighted by Crippen LogP contribution is 2.39. The average molecular weight is 362 g/mol. The van der Waals surface area contributed by atoms with Gasteiger partial charge in [0, 0.05) is 12.0 Å². The van der Waals surface area contributed by atoms with Gasteiger partial charge in [0.1, 0.15) is 5.76 Å². The second-order valence-electron chi connectivity index (χ2n) is 6.05. The Labute approximate surface area is 153 Å². The van der Waals surface area contributed by atoms with Gasteiger partial charge < -0.3 is 24.1 Å². The van der Waals surface area contributed by atoms with Crippen LogP contribution in [0.15, 0.2) is 16.7 Å². The Balaban J connectivity index is 2.06. The third-order valence-corrected chi connectivity index (χ3v) is 4.35. The summed E-state index contributed by atoms with van der Waals surface area (Å²) in [4.78, 5) is 12.3. The Hall–Kier alpha value is -2.70. The van der Waals surface area contributed by atoms with Gasteiger partial charge in [-0.05, 0) is 44.9 Å². The molecule has 2 rings (SSSR count). The maximum Gasteiger partial charge on any atom is 0.220 e. The lowest BCUT2D eigenvalue weighted by Crippen LogP contribution is -2.27. The molecule has 1 aromatic carbocycles. The number of hydrogen-bond donors (Lipinski definition) is 1. The van der Waals surface area contributed by atoms with Gasteiger partial charge in [-0.15, -0.1) is 0 Å². The first kappa shape index (κ1) is 19.6. The molecule has 1 amide bonds. The van der Waals surface area contributed by atoms with Crippen molar-refractivity contribution in [3.05, 3.63) is 34.7 Å². The van der Waals surface area contributed by atoms with Crippen LogP contribution >= 0.6 is 0 Å². The standard InChI is InChI=1S/C19H26N2O5/c1-11(14-9-16(23-4)19(25-6)17(10-14)24-5)20-18(22)8-7-15-12(2)21-26-13(15)3/h9-11H,7-8H2,1-6H3,(H,20,22). The number of ether oxygens (including phenoxy) is 3. The molecule has 26 heavy (non-hydrogen) atoms. The van der Waals surface area contributed by atoms with Crippen molar-refractivity contribution >= 4 is 5.91 Å². The molecular formula is C19H26N2O5. The Bertz CT molecular complexity index is 725. The van der Waals surface area contributed by atoms with E-state index in [2.05, 4.69) is 10.5 Å². The largest absolute Gasteiger partial charge is 0.493 e. The lowest BCUT2D eigenvalue weighted by molar-refractivity contribution is -0.121. The molecule has 0 radical (unpaired) electrons. The monoisotopic (exact) mass is 362 g/mol. The van der Waals surface area contributed by atoms with Crippen LogP contribution in [0.2, 0.25) is 0 Å². The first-order valence-electron chi connectivity index (χ1n) is 8.42. The number of benzene rings is 1. The van der Waals surface area contributed by atoms with Gasteiger partial charge in [-0.2, -0.15) is 0 Å². The van der Waals surface area contributed by atoms with Crippen LogP contribution in [0.25, 0.3) is 0 Å². The minimum Gasteiger partial charge on any atom is -0.493 e. The zero-order valence-electron chi connectivity index (χ0n) is 16.1. The molecule has 0 spiro atoms. The minimum atomic E-state index is -0.208. The number of hydrogen-bond acceptors (Lipinski definition) is 6. The number of aryl methyl sites for hydroxylation is 2. The second-order valence-corrected chi connectivity index (χ2v) is 6.05. The Morgan fingerprint density at radius 2 is 1.77 bits per heavy atom. The SMILES string of the molecule is COc1cc(C(C)NC(=O)CCc2c(C)noc2C)cc(OC)c1OC. The molecule has 1 aromatic heterocycles. The van der Waals surface area contributed by atoms with Crippen molar-refractivity contribution in [2.45, 2.75) is 39.7 Å². The van der Waals surface area contributed by atoms with Gasteiger partial charge in [0.2, 0.25) is 11.7 Å². The van der Waals surface area contributed by atoms with E-state index >= 15 is 0 Å². The lowest BCUT2D eigenvalue weighted by atomic mass is 10.1.